The maximum Gasteiger partial charge on any atom is 0.237 e. The monoisotopic (exact) mass is 416 g/mol. The lowest BCUT2D eigenvalue weighted by Gasteiger charge is -2.27. The van der Waals surface area contributed by atoms with E-state index in [9.17, 15) is 4.79 Å². The lowest BCUT2D eigenvalue weighted by molar-refractivity contribution is -0.133. The lowest BCUT2D eigenvalue weighted by atomic mass is 9.93. The smallest absolute Gasteiger partial charge is 0.237 e. The molecule has 1 atom stereocenters. The molecule has 6 rings (SSSR count). The molecule has 0 N–H and O–H groups in total. The number of pyridine rings is 1. The summed E-state index contributed by atoms with van der Waals surface area (Å²) in [4.78, 5) is 19.6. The quantitative estimate of drug-likeness (QED) is 0.722. The molecule has 1 spiro atoms. The second-order valence-electron chi connectivity index (χ2n) is 9.53. The Morgan fingerprint density at radius 1 is 1.16 bits per heavy atom. The van der Waals surface area contributed by atoms with Crippen LogP contribution in [-0.2, 0) is 27.2 Å². The number of aromatic nitrogens is 1. The molecule has 160 valence electrons. The molecule has 1 aromatic heterocycles. The largest absolute Gasteiger partial charge is 0.493 e. The van der Waals surface area contributed by atoms with Gasteiger partial charge in [0.25, 0.3) is 0 Å². The van der Waals surface area contributed by atoms with E-state index in [4.69, 9.17) is 9.47 Å². The molecule has 2 aromatic rings. The molecule has 31 heavy (non-hydrogen) atoms. The van der Waals surface area contributed by atoms with Crippen LogP contribution >= 0.6 is 0 Å². The van der Waals surface area contributed by atoms with Gasteiger partial charge < -0.3 is 14.4 Å². The highest BCUT2D eigenvalue weighted by atomic mass is 16.5. The summed E-state index contributed by atoms with van der Waals surface area (Å²) in [5, 5.41) is 0. The topological polar surface area (TPSA) is 51.7 Å². The number of hydrogen-bond donors (Lipinski definition) is 0. The molecule has 1 unspecified atom stereocenters. The first-order chi connectivity index (χ1) is 15.2. The average Bonchev–Trinajstić information content (AvgIpc) is 3.16. The van der Waals surface area contributed by atoms with Crippen molar-refractivity contribution >= 4 is 5.91 Å². The van der Waals surface area contributed by atoms with Crippen LogP contribution in [0.15, 0.2) is 55.0 Å². The van der Waals surface area contributed by atoms with Crippen LogP contribution in [0.4, 0.5) is 0 Å². The second-order valence-corrected chi connectivity index (χ2v) is 9.53. The highest BCUT2D eigenvalue weighted by Crippen LogP contribution is 2.51. The number of carbonyl (C=O) groups is 1. The zero-order valence-corrected chi connectivity index (χ0v) is 17.8. The number of amides is 1. The maximum atomic E-state index is 13.5. The molecule has 2 saturated carbocycles. The summed E-state index contributed by atoms with van der Waals surface area (Å²) >= 11 is 0. The molecule has 3 heterocycles. The molecule has 0 bridgehead atoms. The minimum absolute atomic E-state index is 0.173. The molecule has 0 radical (unpaired) electrons. The SMILES string of the molecule is O=C(N1C=CC2(C1)OCc1cnccc12)C1(c2ccc(OCC3CCCC3)cc2)CC1. The number of hydrogen-bond acceptors (Lipinski definition) is 4. The molecule has 1 aromatic carbocycles. The van der Waals surface area contributed by atoms with E-state index >= 15 is 0 Å². The van der Waals surface area contributed by atoms with Crippen molar-refractivity contribution in [3.05, 3.63) is 71.7 Å². The van der Waals surface area contributed by atoms with Gasteiger partial charge >= 0.3 is 0 Å². The number of fused-ring (bicyclic) bond motifs is 2. The average molecular weight is 417 g/mol. The van der Waals surface area contributed by atoms with E-state index in [1.165, 1.54) is 25.7 Å². The van der Waals surface area contributed by atoms with E-state index in [0.717, 1.165) is 41.9 Å². The van der Waals surface area contributed by atoms with Crippen molar-refractivity contribution in [2.45, 2.75) is 56.1 Å². The molecular formula is C26H28N2O3. The van der Waals surface area contributed by atoms with E-state index in [1.54, 1.807) is 6.20 Å². The van der Waals surface area contributed by atoms with E-state index in [-0.39, 0.29) is 5.91 Å². The van der Waals surface area contributed by atoms with Gasteiger partial charge in [0.05, 0.1) is 25.2 Å². The first-order valence-electron chi connectivity index (χ1n) is 11.5. The number of benzene rings is 1. The maximum absolute atomic E-state index is 13.5. The summed E-state index contributed by atoms with van der Waals surface area (Å²) in [6, 6.07) is 10.2. The highest BCUT2D eigenvalue weighted by Gasteiger charge is 2.55. The van der Waals surface area contributed by atoms with Crippen LogP contribution in [0.2, 0.25) is 0 Å². The molecule has 2 fully saturated rings. The summed E-state index contributed by atoms with van der Waals surface area (Å²) in [6.45, 7) is 1.89. The Balaban J connectivity index is 1.15. The van der Waals surface area contributed by atoms with E-state index < -0.39 is 11.0 Å². The van der Waals surface area contributed by atoms with Crippen LogP contribution in [-0.4, -0.2) is 28.9 Å². The fraction of sp³-hybridized carbons (Fsp3) is 0.462. The van der Waals surface area contributed by atoms with E-state index in [1.807, 2.05) is 41.6 Å². The fourth-order valence-electron chi connectivity index (χ4n) is 5.50. The molecule has 4 aliphatic rings. The number of nitrogens with zero attached hydrogens (tertiary/aromatic N) is 2. The van der Waals surface area contributed by atoms with Crippen LogP contribution in [0.5, 0.6) is 5.75 Å². The van der Waals surface area contributed by atoms with Gasteiger partial charge in [-0.15, -0.1) is 0 Å². The Bertz CT molecular complexity index is 1020. The van der Waals surface area contributed by atoms with Crippen molar-refractivity contribution in [1.29, 1.82) is 0 Å². The summed E-state index contributed by atoms with van der Waals surface area (Å²) in [6.07, 6.45) is 14.6. The Kier molecular flexibility index (Phi) is 4.42. The van der Waals surface area contributed by atoms with Gasteiger partial charge in [0.15, 0.2) is 0 Å². The Labute approximate surface area is 183 Å². The van der Waals surface area contributed by atoms with Crippen LogP contribution in [0.25, 0.3) is 0 Å². The summed E-state index contributed by atoms with van der Waals surface area (Å²) < 4.78 is 12.1. The van der Waals surface area contributed by atoms with Gasteiger partial charge in [-0.3, -0.25) is 9.78 Å². The summed E-state index contributed by atoms with van der Waals surface area (Å²) in [7, 11) is 0. The van der Waals surface area contributed by atoms with Crippen molar-refractivity contribution in [2.24, 2.45) is 5.92 Å². The molecule has 1 amide bonds. The zero-order valence-electron chi connectivity index (χ0n) is 17.8. The van der Waals surface area contributed by atoms with Crippen molar-refractivity contribution in [3.63, 3.8) is 0 Å². The minimum atomic E-state index is -0.526. The third kappa shape index (κ3) is 3.18. The normalized spacial score (nSPS) is 25.9. The van der Waals surface area contributed by atoms with Gasteiger partial charge in [0.2, 0.25) is 5.91 Å². The summed E-state index contributed by atoms with van der Waals surface area (Å²) in [5.41, 5.74) is 2.40. The molecule has 5 nitrogen and oxygen atoms in total. The first kappa shape index (κ1) is 19.1. The second kappa shape index (κ2) is 7.20. The van der Waals surface area contributed by atoms with Crippen LogP contribution in [0.1, 0.15) is 55.2 Å². The number of rotatable bonds is 5. The number of ether oxygens (including phenoxy) is 2. The van der Waals surface area contributed by atoms with Gasteiger partial charge in [-0.25, -0.2) is 0 Å². The van der Waals surface area contributed by atoms with E-state index in [0.29, 0.717) is 19.1 Å². The molecule has 2 aliphatic heterocycles. The molecular weight excluding hydrogens is 388 g/mol. The lowest BCUT2D eigenvalue weighted by Crippen LogP contribution is -2.40. The Hall–Kier alpha value is -2.66. The highest BCUT2D eigenvalue weighted by molar-refractivity contribution is 5.92. The van der Waals surface area contributed by atoms with Gasteiger partial charge in [-0.05, 0) is 67.0 Å². The Morgan fingerprint density at radius 3 is 2.74 bits per heavy atom. The van der Waals surface area contributed by atoms with Crippen LogP contribution < -0.4 is 4.74 Å². The van der Waals surface area contributed by atoms with Gasteiger partial charge in [-0.2, -0.15) is 0 Å². The molecule has 2 aliphatic carbocycles. The van der Waals surface area contributed by atoms with Gasteiger partial charge in [0, 0.05) is 24.2 Å². The standard InChI is InChI=1S/C26H28N2O3/c29-24(28-14-12-26(18-28)23-9-13-27-15-20(23)17-31-26)25(10-11-25)21-5-7-22(8-6-21)30-16-19-3-1-2-4-19/h5-9,12-15,19H,1-4,10-11,16-18H2. The fourth-order valence-corrected chi connectivity index (χ4v) is 5.50. The predicted molar refractivity (Wildman–Crippen MR) is 116 cm³/mol. The van der Waals surface area contributed by atoms with Crippen molar-refractivity contribution in [2.75, 3.05) is 13.2 Å². The molecule has 0 saturated heterocycles. The summed E-state index contributed by atoms with van der Waals surface area (Å²) in [5.74, 6) is 1.78. The van der Waals surface area contributed by atoms with Crippen LogP contribution in [0, 0.1) is 5.92 Å². The first-order valence-corrected chi connectivity index (χ1v) is 11.5. The zero-order chi connectivity index (χ0) is 20.9. The predicted octanol–water partition coefficient (Wildman–Crippen LogP) is 4.46. The van der Waals surface area contributed by atoms with Crippen molar-refractivity contribution < 1.29 is 14.3 Å². The molecule has 5 heteroatoms. The van der Waals surface area contributed by atoms with Crippen molar-refractivity contribution in [3.8, 4) is 5.75 Å². The van der Waals surface area contributed by atoms with Gasteiger partial charge in [-0.1, -0.05) is 25.0 Å². The Morgan fingerprint density at radius 2 is 1.97 bits per heavy atom. The third-order valence-electron chi connectivity index (χ3n) is 7.56. The third-order valence-corrected chi connectivity index (χ3v) is 7.56. The minimum Gasteiger partial charge on any atom is -0.493 e. The van der Waals surface area contributed by atoms with Crippen LogP contribution in [0.3, 0.4) is 0 Å². The van der Waals surface area contributed by atoms with E-state index in [2.05, 4.69) is 17.1 Å². The number of carbonyl (C=O) groups excluding carboxylic acids is 1. The van der Waals surface area contributed by atoms with Crippen molar-refractivity contribution in [1.82, 2.24) is 9.88 Å². The van der Waals surface area contributed by atoms with Gasteiger partial charge in [0.1, 0.15) is 11.4 Å².